The molecular weight excluding hydrogens is 349 g/mol. The summed E-state index contributed by atoms with van der Waals surface area (Å²) in [5.74, 6) is -1.18. The molecule has 0 aliphatic carbocycles. The smallest absolute Gasteiger partial charge is 0.267 e. The van der Waals surface area contributed by atoms with Gasteiger partial charge in [-0.3, -0.25) is 9.59 Å². The van der Waals surface area contributed by atoms with E-state index >= 15 is 0 Å². The summed E-state index contributed by atoms with van der Waals surface area (Å²) in [6.07, 6.45) is 2.30. The minimum absolute atomic E-state index is 0.117. The number of halogens is 1. The Morgan fingerprint density at radius 1 is 1.37 bits per heavy atom. The number of aromatic hydroxyl groups is 1. The molecule has 2 N–H and O–H groups in total. The SMILES string of the molecule is CC1CCc2cc(F)cc3c(O)c(C(=O)NCC4CCN(C)C4)c(=O)n1c23. The van der Waals surface area contributed by atoms with Crippen molar-refractivity contribution in [3.05, 3.63) is 39.4 Å². The van der Waals surface area contributed by atoms with Gasteiger partial charge in [-0.15, -0.1) is 0 Å². The van der Waals surface area contributed by atoms with Gasteiger partial charge in [0.2, 0.25) is 0 Å². The molecule has 2 aliphatic rings. The second-order valence-electron chi connectivity index (χ2n) is 7.87. The van der Waals surface area contributed by atoms with E-state index in [0.29, 0.717) is 36.4 Å². The zero-order valence-electron chi connectivity index (χ0n) is 15.6. The molecule has 1 aromatic carbocycles. The minimum Gasteiger partial charge on any atom is -0.506 e. The van der Waals surface area contributed by atoms with Crippen LogP contribution in [0, 0.1) is 11.7 Å². The lowest BCUT2D eigenvalue weighted by atomic mass is 9.95. The molecule has 3 heterocycles. The highest BCUT2D eigenvalue weighted by Crippen LogP contribution is 2.35. The van der Waals surface area contributed by atoms with Crippen LogP contribution in [0.2, 0.25) is 0 Å². The second-order valence-corrected chi connectivity index (χ2v) is 7.87. The lowest BCUT2D eigenvalue weighted by Crippen LogP contribution is -2.38. The van der Waals surface area contributed by atoms with Gasteiger partial charge in [0.25, 0.3) is 11.5 Å². The van der Waals surface area contributed by atoms with Crippen molar-refractivity contribution in [2.45, 2.75) is 32.2 Å². The van der Waals surface area contributed by atoms with E-state index in [0.717, 1.165) is 19.5 Å². The normalized spacial score (nSPS) is 22.3. The maximum atomic E-state index is 14.0. The largest absolute Gasteiger partial charge is 0.506 e. The summed E-state index contributed by atoms with van der Waals surface area (Å²) < 4.78 is 15.6. The highest BCUT2D eigenvalue weighted by molar-refractivity contribution is 6.03. The van der Waals surface area contributed by atoms with Gasteiger partial charge >= 0.3 is 0 Å². The Hall–Kier alpha value is -2.41. The summed E-state index contributed by atoms with van der Waals surface area (Å²) in [6.45, 7) is 4.22. The lowest BCUT2D eigenvalue weighted by molar-refractivity contribution is 0.0942. The van der Waals surface area contributed by atoms with Gasteiger partial charge in [0.15, 0.2) is 0 Å². The van der Waals surface area contributed by atoms with E-state index < -0.39 is 23.0 Å². The predicted octanol–water partition coefficient (Wildman–Crippen LogP) is 2.03. The average Bonchev–Trinajstić information content (AvgIpc) is 3.04. The predicted molar refractivity (Wildman–Crippen MR) is 101 cm³/mol. The van der Waals surface area contributed by atoms with Crippen molar-refractivity contribution >= 4 is 16.8 Å². The fourth-order valence-electron chi connectivity index (χ4n) is 4.41. The maximum Gasteiger partial charge on any atom is 0.267 e. The Morgan fingerprint density at radius 3 is 2.85 bits per heavy atom. The molecule has 1 fully saturated rings. The molecule has 1 aromatic heterocycles. The summed E-state index contributed by atoms with van der Waals surface area (Å²) in [5.41, 5.74) is 0.420. The zero-order chi connectivity index (χ0) is 19.3. The summed E-state index contributed by atoms with van der Waals surface area (Å²) in [6, 6.07) is 2.48. The number of pyridine rings is 1. The van der Waals surface area contributed by atoms with E-state index in [1.165, 1.54) is 16.7 Å². The number of nitrogens with zero attached hydrogens (tertiary/aromatic N) is 2. The molecule has 6 nitrogen and oxygen atoms in total. The molecular formula is C20H24FN3O3. The van der Waals surface area contributed by atoms with Crippen molar-refractivity contribution in [3.63, 3.8) is 0 Å². The van der Waals surface area contributed by atoms with Crippen molar-refractivity contribution < 1.29 is 14.3 Å². The van der Waals surface area contributed by atoms with E-state index in [4.69, 9.17) is 0 Å². The first-order chi connectivity index (χ1) is 12.9. The van der Waals surface area contributed by atoms with Crippen LogP contribution in [-0.4, -0.2) is 47.2 Å². The van der Waals surface area contributed by atoms with E-state index in [1.807, 2.05) is 14.0 Å². The van der Waals surface area contributed by atoms with Gasteiger partial charge in [-0.05, 0) is 63.4 Å². The molecule has 0 radical (unpaired) electrons. The number of nitrogens with one attached hydrogen (secondary N) is 1. The van der Waals surface area contributed by atoms with Crippen molar-refractivity contribution in [2.75, 3.05) is 26.7 Å². The minimum atomic E-state index is -0.596. The van der Waals surface area contributed by atoms with Gasteiger partial charge < -0.3 is 19.9 Å². The van der Waals surface area contributed by atoms with Gasteiger partial charge in [-0.1, -0.05) is 0 Å². The van der Waals surface area contributed by atoms with Gasteiger partial charge in [0.05, 0.1) is 5.52 Å². The highest BCUT2D eigenvalue weighted by atomic mass is 19.1. The van der Waals surface area contributed by atoms with Crippen LogP contribution < -0.4 is 10.9 Å². The summed E-state index contributed by atoms with van der Waals surface area (Å²) in [4.78, 5) is 28.0. The van der Waals surface area contributed by atoms with Crippen molar-refractivity contribution in [3.8, 4) is 5.75 Å². The molecule has 2 aliphatic heterocycles. The Labute approximate surface area is 156 Å². The van der Waals surface area contributed by atoms with Crippen LogP contribution in [0.1, 0.15) is 41.7 Å². The Morgan fingerprint density at radius 2 is 2.15 bits per heavy atom. The number of aromatic nitrogens is 1. The van der Waals surface area contributed by atoms with Crippen LogP contribution >= 0.6 is 0 Å². The number of amides is 1. The third kappa shape index (κ3) is 3.00. The number of rotatable bonds is 3. The molecule has 2 unspecified atom stereocenters. The van der Waals surface area contributed by atoms with Gasteiger partial charge in [-0.2, -0.15) is 0 Å². The van der Waals surface area contributed by atoms with E-state index in [-0.39, 0.29) is 17.0 Å². The molecule has 4 rings (SSSR count). The number of hydrogen-bond acceptors (Lipinski definition) is 4. The first-order valence-electron chi connectivity index (χ1n) is 9.43. The summed E-state index contributed by atoms with van der Waals surface area (Å²) in [7, 11) is 2.03. The van der Waals surface area contributed by atoms with Crippen molar-refractivity contribution in [1.29, 1.82) is 0 Å². The van der Waals surface area contributed by atoms with Crippen LogP contribution in [0.3, 0.4) is 0 Å². The van der Waals surface area contributed by atoms with E-state index in [9.17, 15) is 19.1 Å². The topological polar surface area (TPSA) is 74.6 Å². The maximum absolute atomic E-state index is 14.0. The number of hydrogen-bond donors (Lipinski definition) is 2. The van der Waals surface area contributed by atoms with Crippen LogP contribution in [0.15, 0.2) is 16.9 Å². The third-order valence-electron chi connectivity index (χ3n) is 5.86. The lowest BCUT2D eigenvalue weighted by Gasteiger charge is -2.26. The highest BCUT2D eigenvalue weighted by Gasteiger charge is 2.29. The quantitative estimate of drug-likeness (QED) is 0.863. The number of benzene rings is 1. The van der Waals surface area contributed by atoms with Crippen LogP contribution in [0.5, 0.6) is 5.75 Å². The molecule has 7 heteroatoms. The van der Waals surface area contributed by atoms with E-state index in [1.54, 1.807) is 0 Å². The van der Waals surface area contributed by atoms with Gasteiger partial charge in [0.1, 0.15) is 17.1 Å². The molecule has 1 amide bonds. The second kappa shape index (κ2) is 6.64. The fourth-order valence-corrected chi connectivity index (χ4v) is 4.41. The summed E-state index contributed by atoms with van der Waals surface area (Å²) >= 11 is 0. The standard InChI is InChI=1S/C20H24FN3O3/c1-11-3-4-13-7-14(21)8-15-17(13)24(11)20(27)16(18(15)25)19(26)22-9-12-5-6-23(2)10-12/h7-8,11-12,25H,3-6,9-10H2,1-2H3,(H,22,26). The molecule has 2 aromatic rings. The number of carbonyl (C=O) groups excluding carboxylic acids is 1. The first-order valence-corrected chi connectivity index (χ1v) is 9.43. The molecule has 144 valence electrons. The zero-order valence-corrected chi connectivity index (χ0v) is 15.6. The van der Waals surface area contributed by atoms with Crippen molar-refractivity contribution in [1.82, 2.24) is 14.8 Å². The first kappa shape index (κ1) is 18.0. The monoisotopic (exact) mass is 373 g/mol. The fraction of sp³-hybridized carbons (Fsp3) is 0.500. The molecule has 2 atom stereocenters. The number of carbonyl (C=O) groups is 1. The molecule has 27 heavy (non-hydrogen) atoms. The molecule has 0 saturated carbocycles. The average molecular weight is 373 g/mol. The molecule has 0 spiro atoms. The third-order valence-corrected chi connectivity index (χ3v) is 5.86. The number of aryl methyl sites for hydroxylation is 1. The Bertz CT molecular complexity index is 985. The van der Waals surface area contributed by atoms with Crippen LogP contribution in [0.4, 0.5) is 4.39 Å². The van der Waals surface area contributed by atoms with Gasteiger partial charge in [-0.25, -0.2) is 4.39 Å². The molecule has 1 saturated heterocycles. The molecule has 0 bridgehead atoms. The van der Waals surface area contributed by atoms with Crippen molar-refractivity contribution in [2.24, 2.45) is 5.92 Å². The van der Waals surface area contributed by atoms with Gasteiger partial charge in [0, 0.05) is 24.5 Å². The number of likely N-dealkylation sites (tertiary alicyclic amines) is 1. The summed E-state index contributed by atoms with van der Waals surface area (Å²) in [5, 5.41) is 13.7. The van der Waals surface area contributed by atoms with Crippen LogP contribution in [0.25, 0.3) is 10.9 Å². The Balaban J connectivity index is 1.77. The van der Waals surface area contributed by atoms with E-state index in [2.05, 4.69) is 10.2 Å². The Kier molecular flexibility index (Phi) is 4.42. The van der Waals surface area contributed by atoms with Crippen LogP contribution in [-0.2, 0) is 6.42 Å².